The molecule has 0 amide bonds. The van der Waals surface area contributed by atoms with E-state index in [1.165, 1.54) is 0 Å². The number of thiol groups is 1. The zero-order valence-electron chi connectivity index (χ0n) is 34.6. The van der Waals surface area contributed by atoms with Crippen molar-refractivity contribution in [3.05, 3.63) is 39.2 Å². The summed E-state index contributed by atoms with van der Waals surface area (Å²) in [7, 11) is 0. The maximum atomic E-state index is 14.4. The lowest BCUT2D eigenvalue weighted by atomic mass is 9.68. The van der Waals surface area contributed by atoms with Crippen LogP contribution >= 0.6 is 12.6 Å². The third-order valence-corrected chi connectivity index (χ3v) is 11.0. The van der Waals surface area contributed by atoms with Gasteiger partial charge in [-0.15, -0.1) is 12.6 Å². The van der Waals surface area contributed by atoms with Crippen LogP contribution in [0.3, 0.4) is 0 Å². The molecule has 0 fully saturated rings. The standard InChI is InChI=1S/C37H33NO33S/c38-10-15(43)4(34(64)71-37(67)32(61)62)2-13(41)9(29(55)56)36(66)68-23(2)24(10)69-33(63)3(16(44)21(49)22(50)30(57)58)1-11(39)6(27(51)52)14(42)7(12(1)40)35(65)70-25(31(59)60)19(47)5-17(45)18(46)8(28(53)54)26(72)20(5)48/h1,3,6,11-12,16,19,21-22,25,36,39-50,66,72H,38H2,(H,51,52)(H,53,54)(H,55,56)(H,57,58)(H,59,60)(H,61,62). The van der Waals surface area contributed by atoms with E-state index in [1.54, 1.807) is 0 Å². The highest BCUT2D eigenvalue weighted by atomic mass is 32.1. The lowest BCUT2D eigenvalue weighted by Gasteiger charge is -2.42. The number of carboxylic acids is 6. The van der Waals surface area contributed by atoms with E-state index in [-0.39, 0.29) is 0 Å². The van der Waals surface area contributed by atoms with Gasteiger partial charge in [0.15, 0.2) is 34.9 Å². The number of hydrogen-bond donors (Lipinski definition) is 21. The summed E-state index contributed by atoms with van der Waals surface area (Å²) in [6.45, 7) is 0. The molecule has 1 heterocycles. The molecule has 35 heteroatoms. The van der Waals surface area contributed by atoms with Crippen LogP contribution < -0.4 is 15.2 Å². The highest BCUT2D eigenvalue weighted by Gasteiger charge is 2.58. The number of phenolic OH excluding ortho intramolecular Hbond substituents is 3. The topological polar surface area (TPSA) is 618 Å². The first-order chi connectivity index (χ1) is 33.2. The number of phenols is 4. The summed E-state index contributed by atoms with van der Waals surface area (Å²) in [5.74, 6) is -48.0. The first kappa shape index (κ1) is 55.9. The molecule has 0 saturated heterocycles. The lowest BCUT2D eigenvalue weighted by molar-refractivity contribution is -0.181. The van der Waals surface area contributed by atoms with Crippen LogP contribution in [0.5, 0.6) is 34.5 Å². The van der Waals surface area contributed by atoms with Crippen LogP contribution in [0.4, 0.5) is 5.69 Å². The van der Waals surface area contributed by atoms with Crippen LogP contribution in [-0.4, -0.2) is 200 Å². The fourth-order valence-electron chi connectivity index (χ4n) is 7.15. The number of carboxylic acid groups (broad SMARTS) is 6. The maximum absolute atomic E-state index is 14.4. The summed E-state index contributed by atoms with van der Waals surface area (Å²) in [5, 5.41) is 198. The van der Waals surface area contributed by atoms with Gasteiger partial charge in [0.2, 0.25) is 12.4 Å². The van der Waals surface area contributed by atoms with Gasteiger partial charge in [0.1, 0.15) is 63.4 Å². The van der Waals surface area contributed by atoms with Crippen molar-refractivity contribution in [1.29, 1.82) is 0 Å². The van der Waals surface area contributed by atoms with Crippen molar-refractivity contribution in [2.75, 3.05) is 5.73 Å². The summed E-state index contributed by atoms with van der Waals surface area (Å²) in [5.41, 5.74) is -5.67. The minimum Gasteiger partial charge on any atom is -0.511 e. The van der Waals surface area contributed by atoms with Crippen molar-refractivity contribution >= 4 is 83.8 Å². The second-order valence-electron chi connectivity index (χ2n) is 14.6. The minimum atomic E-state index is -3.43. The molecule has 2 aromatic carbocycles. The fourth-order valence-corrected chi connectivity index (χ4v) is 7.48. The predicted molar refractivity (Wildman–Crippen MR) is 214 cm³/mol. The molecule has 21 N–H and O–H groups in total. The van der Waals surface area contributed by atoms with E-state index in [2.05, 4.69) is 22.1 Å². The Balaban J connectivity index is 1.99. The molecule has 11 unspecified atom stereocenters. The average molecular weight is 1050 g/mol. The monoisotopic (exact) mass is 1050 g/mol. The summed E-state index contributed by atoms with van der Waals surface area (Å²) in [6.07, 6.45) is -26.0. The van der Waals surface area contributed by atoms with E-state index < -0.39 is 216 Å². The molecule has 390 valence electrons. The number of carbonyl (C=O) groups excluding carboxylic acids is 4. The van der Waals surface area contributed by atoms with Crippen molar-refractivity contribution in [3.8, 4) is 34.5 Å². The number of aliphatic hydroxyl groups is 9. The molecule has 4 rings (SSSR count). The van der Waals surface area contributed by atoms with Crippen molar-refractivity contribution in [1.82, 2.24) is 0 Å². The van der Waals surface area contributed by atoms with Gasteiger partial charge >= 0.3 is 59.7 Å². The number of esters is 4. The van der Waals surface area contributed by atoms with Crippen LogP contribution in [-0.2, 0) is 47.8 Å². The molecule has 2 aliphatic rings. The number of ether oxygens (including phenoxy) is 4. The van der Waals surface area contributed by atoms with Crippen LogP contribution in [0.15, 0.2) is 21.8 Å². The van der Waals surface area contributed by atoms with E-state index in [1.807, 2.05) is 0 Å². The Morgan fingerprint density at radius 3 is 1.74 bits per heavy atom. The molecule has 0 bridgehead atoms. The first-order valence-corrected chi connectivity index (χ1v) is 19.2. The average Bonchev–Trinajstić information content (AvgIpc) is 3.26. The van der Waals surface area contributed by atoms with Gasteiger partial charge in [-0.2, -0.15) is 0 Å². The molecule has 1 aliphatic carbocycles. The van der Waals surface area contributed by atoms with Gasteiger partial charge in [-0.05, 0) is 0 Å². The smallest absolute Gasteiger partial charge is 0.425 e. The molecular weight excluding hydrogens is 1020 g/mol. The van der Waals surface area contributed by atoms with E-state index in [4.69, 9.17) is 20.3 Å². The molecule has 0 saturated carbocycles. The zero-order chi connectivity index (χ0) is 55.2. The Kier molecular flexibility index (Phi) is 16.1. The number of aromatic hydroxyl groups is 4. The second kappa shape index (κ2) is 20.7. The fraction of sp³-hybridized carbons (Fsp3) is 0.297. The number of carbonyl (C=O) groups is 10. The third-order valence-electron chi connectivity index (χ3n) is 10.5. The van der Waals surface area contributed by atoms with E-state index in [0.29, 0.717) is 0 Å². The summed E-state index contributed by atoms with van der Waals surface area (Å²) in [4.78, 5) is 123. The highest BCUT2D eigenvalue weighted by molar-refractivity contribution is 7.80. The summed E-state index contributed by atoms with van der Waals surface area (Å²) in [6, 6.07) is 0. The van der Waals surface area contributed by atoms with Gasteiger partial charge in [-0.3, -0.25) is 9.59 Å². The normalized spacial score (nSPS) is 21.0. The molecular formula is C37H33NO33S. The first-order valence-electron chi connectivity index (χ1n) is 18.7. The Labute approximate surface area is 398 Å². The summed E-state index contributed by atoms with van der Waals surface area (Å²) >= 11 is 3.61. The molecule has 34 nitrogen and oxygen atoms in total. The number of nitrogen functional groups attached to an aromatic ring is 1. The van der Waals surface area contributed by atoms with Crippen LogP contribution in [0.1, 0.15) is 37.9 Å². The molecule has 2 aromatic rings. The van der Waals surface area contributed by atoms with Gasteiger partial charge in [-0.1, -0.05) is 0 Å². The molecule has 0 radical (unpaired) electrons. The van der Waals surface area contributed by atoms with Gasteiger partial charge in [0.25, 0.3) is 0 Å². The second-order valence-corrected chi connectivity index (χ2v) is 15.1. The molecule has 72 heavy (non-hydrogen) atoms. The van der Waals surface area contributed by atoms with Crippen molar-refractivity contribution in [2.45, 2.75) is 53.9 Å². The van der Waals surface area contributed by atoms with Crippen LogP contribution in [0, 0.1) is 17.8 Å². The predicted octanol–water partition coefficient (Wildman–Crippen LogP) is -5.81. The number of rotatable bonds is 16. The largest absolute Gasteiger partial charge is 0.511 e. The Hall–Kier alpha value is -8.71. The molecule has 11 atom stereocenters. The number of hydrogen-bond acceptors (Lipinski definition) is 29. The van der Waals surface area contributed by atoms with E-state index in [0.717, 1.165) is 0 Å². The minimum absolute atomic E-state index is 1.16. The number of aliphatic hydroxyl groups excluding tert-OH is 9. The molecule has 0 spiro atoms. The quantitative estimate of drug-likeness (QED) is 0.0109. The van der Waals surface area contributed by atoms with Crippen LogP contribution in [0.25, 0.3) is 5.76 Å². The van der Waals surface area contributed by atoms with Gasteiger partial charge in [0.05, 0.1) is 40.3 Å². The van der Waals surface area contributed by atoms with E-state index in [9.17, 15) is 140 Å². The van der Waals surface area contributed by atoms with Crippen molar-refractivity contribution < 1.29 is 164 Å². The van der Waals surface area contributed by atoms with Gasteiger partial charge < -0.3 is 122 Å². The number of anilines is 1. The van der Waals surface area contributed by atoms with Gasteiger partial charge in [-0.25, -0.2) is 38.4 Å². The van der Waals surface area contributed by atoms with Crippen molar-refractivity contribution in [3.63, 3.8) is 0 Å². The Morgan fingerprint density at radius 1 is 0.681 bits per heavy atom. The maximum Gasteiger partial charge on any atom is 0.425 e. The van der Waals surface area contributed by atoms with E-state index >= 15 is 0 Å². The molecule has 0 aromatic heterocycles. The number of nitrogens with two attached hydrogens (primary N) is 1. The number of aliphatic carboxylic acids is 5. The van der Waals surface area contributed by atoms with Gasteiger partial charge in [0, 0.05) is 5.92 Å². The highest BCUT2D eigenvalue weighted by Crippen LogP contribution is 2.53. The third kappa shape index (κ3) is 9.73. The SMILES string of the molecule is Nc1c(O)c(C(=O)OC(=O)C(=O)O)c2c(c1OC(=O)C(C(O)C(O)C(O)C(=O)O)C1C(O)C(C(=O)OC(C(=O)O)C(O)c3c(O)c(O)c(C(=O)O)c(S)c3O)=C(O)C(C(=O)O)C1O)OC(O)C(C(=O)O)=C2O. The zero-order valence-corrected chi connectivity index (χ0v) is 35.5. The number of aromatic carboxylic acids is 1. The number of fused-ring (bicyclic) bond motifs is 1. The Bertz CT molecular complexity index is 2770. The van der Waals surface area contributed by atoms with Crippen LogP contribution in [0.2, 0.25) is 0 Å². The number of benzene rings is 2. The molecule has 1 aliphatic heterocycles. The summed E-state index contributed by atoms with van der Waals surface area (Å²) < 4.78 is 18.6. The van der Waals surface area contributed by atoms with Crippen molar-refractivity contribution in [2.24, 2.45) is 17.8 Å². The Morgan fingerprint density at radius 2 is 1.25 bits per heavy atom. The lowest BCUT2D eigenvalue weighted by Crippen LogP contribution is -2.59.